The summed E-state index contributed by atoms with van der Waals surface area (Å²) in [5, 5.41) is 12.4. The van der Waals surface area contributed by atoms with Crippen LogP contribution in [-0.4, -0.2) is 42.7 Å². The van der Waals surface area contributed by atoms with E-state index in [2.05, 4.69) is 36.9 Å². The predicted molar refractivity (Wildman–Crippen MR) is 134 cm³/mol. The van der Waals surface area contributed by atoms with E-state index in [-0.39, 0.29) is 0 Å². The molecule has 1 aliphatic carbocycles. The molecule has 0 aromatic carbocycles. The highest BCUT2D eigenvalue weighted by Gasteiger charge is 2.29. The molecule has 0 bridgehead atoms. The molecule has 0 amide bonds. The van der Waals surface area contributed by atoms with E-state index in [9.17, 15) is 0 Å². The molecule has 2 fully saturated rings. The fourth-order valence-electron chi connectivity index (χ4n) is 4.26. The lowest BCUT2D eigenvalue weighted by Gasteiger charge is -2.21. The largest absolute Gasteiger partial charge is 0.454 e. The van der Waals surface area contributed by atoms with Gasteiger partial charge < -0.3 is 14.8 Å². The minimum Gasteiger partial charge on any atom is -0.454 e. The third-order valence-electron chi connectivity index (χ3n) is 6.29. The molecule has 2 aliphatic rings. The Kier molecular flexibility index (Phi) is 6.10. The maximum Gasteiger partial charge on any atom is 0.168 e. The van der Waals surface area contributed by atoms with Crippen molar-refractivity contribution in [3.8, 4) is 23.3 Å². The van der Waals surface area contributed by atoms with Gasteiger partial charge in [0.25, 0.3) is 0 Å². The van der Waals surface area contributed by atoms with Crippen molar-refractivity contribution in [3.63, 3.8) is 0 Å². The number of nitrogens with zero attached hydrogens (tertiary/aromatic N) is 6. The van der Waals surface area contributed by atoms with Gasteiger partial charge in [0.05, 0.1) is 24.0 Å². The van der Waals surface area contributed by atoms with Crippen LogP contribution in [-0.2, 0) is 11.8 Å². The minimum absolute atomic E-state index is 0.358. The maximum atomic E-state index is 6.37. The molecule has 0 radical (unpaired) electrons. The fraction of sp³-hybridized carbons (Fsp3) is 0.333. The van der Waals surface area contributed by atoms with Crippen LogP contribution in [0.2, 0.25) is 0 Å². The maximum absolute atomic E-state index is 6.37. The predicted octanol–water partition coefficient (Wildman–Crippen LogP) is 4.57. The molecule has 6 rings (SSSR count). The third kappa shape index (κ3) is 5.24. The standard InChI is InChI=1S/C27H27N7O2/c1-33-17-19(16-30-33)2-3-21-14-22(6-10-28-21)31-26-15-24(7-11-29-26)36-25-18-34(23-4-5-23)32-27(25)20-8-12-35-13-9-20/h6-7,10-11,14-18,20,23H,4-5,8-9,12-13H2,1H3,(H,28,29,31). The molecule has 1 saturated heterocycles. The van der Waals surface area contributed by atoms with E-state index < -0.39 is 0 Å². The summed E-state index contributed by atoms with van der Waals surface area (Å²) in [4.78, 5) is 8.81. The molecule has 1 aliphatic heterocycles. The highest BCUT2D eigenvalue weighted by atomic mass is 16.5. The van der Waals surface area contributed by atoms with Crippen molar-refractivity contribution in [2.45, 2.75) is 37.6 Å². The van der Waals surface area contributed by atoms with Gasteiger partial charge >= 0.3 is 0 Å². The molecule has 1 saturated carbocycles. The van der Waals surface area contributed by atoms with Crippen LogP contribution < -0.4 is 10.1 Å². The van der Waals surface area contributed by atoms with Gasteiger partial charge in [0.1, 0.15) is 23.0 Å². The van der Waals surface area contributed by atoms with Crippen LogP contribution in [0.1, 0.15) is 54.6 Å². The summed E-state index contributed by atoms with van der Waals surface area (Å²) in [6.45, 7) is 1.54. The molecule has 9 nitrogen and oxygen atoms in total. The third-order valence-corrected chi connectivity index (χ3v) is 6.29. The lowest BCUT2D eigenvalue weighted by Crippen LogP contribution is -2.15. The first-order valence-corrected chi connectivity index (χ1v) is 12.2. The Bertz CT molecular complexity index is 1420. The summed E-state index contributed by atoms with van der Waals surface area (Å²) < 4.78 is 15.7. The summed E-state index contributed by atoms with van der Waals surface area (Å²) in [6.07, 6.45) is 13.4. The Morgan fingerprint density at radius 1 is 1.03 bits per heavy atom. The number of hydrogen-bond donors (Lipinski definition) is 1. The molecular formula is C27H27N7O2. The molecule has 0 atom stereocenters. The monoisotopic (exact) mass is 481 g/mol. The SMILES string of the molecule is Cn1cc(C#Cc2cc(Nc3cc(Oc4cn(C5CC5)nc4C4CCOCC4)ccn3)ccn2)cn1. The van der Waals surface area contributed by atoms with Gasteiger partial charge in [-0.2, -0.15) is 10.2 Å². The summed E-state index contributed by atoms with van der Waals surface area (Å²) in [5.74, 6) is 8.72. The van der Waals surface area contributed by atoms with E-state index in [4.69, 9.17) is 14.6 Å². The second-order valence-electron chi connectivity index (χ2n) is 9.16. The van der Waals surface area contributed by atoms with Crippen LogP contribution in [0.4, 0.5) is 11.5 Å². The minimum atomic E-state index is 0.358. The van der Waals surface area contributed by atoms with Gasteiger partial charge in [-0.1, -0.05) is 5.92 Å². The number of ether oxygens (including phenoxy) is 2. The Balaban J connectivity index is 1.19. The molecular weight excluding hydrogens is 454 g/mol. The van der Waals surface area contributed by atoms with Crippen molar-refractivity contribution in [1.29, 1.82) is 0 Å². The average Bonchev–Trinajstić information content (AvgIpc) is 3.54. The summed E-state index contributed by atoms with van der Waals surface area (Å²) in [6, 6.07) is 8.03. The number of rotatable bonds is 6. The van der Waals surface area contributed by atoms with Gasteiger partial charge in [0.15, 0.2) is 5.75 Å². The quantitative estimate of drug-likeness (QED) is 0.403. The smallest absolute Gasteiger partial charge is 0.168 e. The van der Waals surface area contributed by atoms with Crippen LogP contribution >= 0.6 is 0 Å². The van der Waals surface area contributed by atoms with Crippen LogP contribution in [0.5, 0.6) is 11.5 Å². The van der Waals surface area contributed by atoms with Gasteiger partial charge in [-0.3, -0.25) is 9.36 Å². The number of aryl methyl sites for hydroxylation is 1. The number of aromatic nitrogens is 6. The first-order valence-electron chi connectivity index (χ1n) is 12.2. The van der Waals surface area contributed by atoms with Crippen LogP contribution in [0.3, 0.4) is 0 Å². The zero-order chi connectivity index (χ0) is 24.3. The molecule has 4 aromatic rings. The average molecular weight is 482 g/mol. The van der Waals surface area contributed by atoms with E-state index in [1.807, 2.05) is 43.7 Å². The van der Waals surface area contributed by atoms with Crippen molar-refractivity contribution in [2.75, 3.05) is 18.5 Å². The van der Waals surface area contributed by atoms with Gasteiger partial charge in [-0.25, -0.2) is 9.97 Å². The zero-order valence-electron chi connectivity index (χ0n) is 20.1. The summed E-state index contributed by atoms with van der Waals surface area (Å²) in [7, 11) is 1.86. The fourth-order valence-corrected chi connectivity index (χ4v) is 4.26. The molecule has 0 spiro atoms. The van der Waals surface area contributed by atoms with Crippen LogP contribution in [0.25, 0.3) is 0 Å². The Morgan fingerprint density at radius 2 is 1.89 bits per heavy atom. The number of nitrogens with one attached hydrogen (secondary N) is 1. The van der Waals surface area contributed by atoms with Gasteiger partial charge in [0, 0.05) is 56.5 Å². The normalized spacial score (nSPS) is 15.8. The highest BCUT2D eigenvalue weighted by molar-refractivity contribution is 5.59. The summed E-state index contributed by atoms with van der Waals surface area (Å²) in [5.41, 5.74) is 3.37. The number of pyridine rings is 2. The van der Waals surface area contributed by atoms with E-state index in [1.165, 1.54) is 12.8 Å². The lowest BCUT2D eigenvalue weighted by atomic mass is 9.96. The van der Waals surface area contributed by atoms with E-state index in [0.717, 1.165) is 48.7 Å². The van der Waals surface area contributed by atoms with Crippen molar-refractivity contribution in [3.05, 3.63) is 72.2 Å². The van der Waals surface area contributed by atoms with Gasteiger partial charge in [-0.15, -0.1) is 0 Å². The van der Waals surface area contributed by atoms with Crippen LogP contribution in [0, 0.1) is 11.8 Å². The van der Waals surface area contributed by atoms with E-state index in [0.29, 0.717) is 29.2 Å². The molecule has 9 heteroatoms. The Hall–Kier alpha value is -4.16. The van der Waals surface area contributed by atoms with Crippen LogP contribution in [0.15, 0.2) is 55.2 Å². The molecule has 1 N–H and O–H groups in total. The summed E-state index contributed by atoms with van der Waals surface area (Å²) >= 11 is 0. The first kappa shape index (κ1) is 22.3. The topological polar surface area (TPSA) is 91.9 Å². The van der Waals surface area contributed by atoms with Crippen molar-refractivity contribution < 1.29 is 9.47 Å². The zero-order valence-corrected chi connectivity index (χ0v) is 20.1. The van der Waals surface area contributed by atoms with Gasteiger partial charge in [0.2, 0.25) is 0 Å². The van der Waals surface area contributed by atoms with Crippen molar-refractivity contribution >= 4 is 11.5 Å². The number of anilines is 2. The molecule has 0 unspecified atom stereocenters. The molecule has 182 valence electrons. The molecule has 4 aromatic heterocycles. The molecule has 36 heavy (non-hydrogen) atoms. The van der Waals surface area contributed by atoms with Crippen molar-refractivity contribution in [2.24, 2.45) is 7.05 Å². The Labute approximate surface area is 209 Å². The Morgan fingerprint density at radius 3 is 2.69 bits per heavy atom. The lowest BCUT2D eigenvalue weighted by molar-refractivity contribution is 0.0839. The van der Waals surface area contributed by atoms with Gasteiger partial charge in [-0.05, 0) is 49.8 Å². The molecule has 5 heterocycles. The van der Waals surface area contributed by atoms with E-state index >= 15 is 0 Å². The first-order chi connectivity index (χ1) is 17.7. The number of hydrogen-bond acceptors (Lipinski definition) is 7. The van der Waals surface area contributed by atoms with E-state index in [1.54, 1.807) is 23.3 Å². The second kappa shape index (κ2) is 9.84. The second-order valence-corrected chi connectivity index (χ2v) is 9.16. The highest BCUT2D eigenvalue weighted by Crippen LogP contribution is 2.40. The van der Waals surface area contributed by atoms with Crippen molar-refractivity contribution in [1.82, 2.24) is 29.5 Å².